The van der Waals surface area contributed by atoms with Crippen LogP contribution in [0.15, 0.2) is 18.2 Å². The van der Waals surface area contributed by atoms with Crippen LogP contribution in [0.5, 0.6) is 0 Å². The Kier molecular flexibility index (Phi) is 4.83. The zero-order valence-corrected chi connectivity index (χ0v) is 10.9. The molecular formula is C13H18N2O3. The number of nitro groups is 1. The van der Waals surface area contributed by atoms with Gasteiger partial charge in [-0.1, -0.05) is 20.3 Å². The standard InChI is InChI=1S/C13H18N2O3/c1-4-10(2)8-14(3)13-6-5-12(15(17)18)7-11(13)9-16/h5-7,9-10H,4,8H2,1-3H3. The van der Waals surface area contributed by atoms with Gasteiger partial charge in [-0.2, -0.15) is 0 Å². The van der Waals surface area contributed by atoms with E-state index in [1.54, 1.807) is 6.07 Å². The van der Waals surface area contributed by atoms with Crippen molar-refractivity contribution in [3.05, 3.63) is 33.9 Å². The Morgan fingerprint density at radius 1 is 1.50 bits per heavy atom. The SMILES string of the molecule is CCC(C)CN(C)c1ccc([N+](=O)[O-])cc1C=O. The van der Waals surface area contributed by atoms with E-state index in [2.05, 4.69) is 13.8 Å². The monoisotopic (exact) mass is 250 g/mol. The summed E-state index contributed by atoms with van der Waals surface area (Å²) in [5, 5.41) is 10.7. The van der Waals surface area contributed by atoms with Gasteiger partial charge in [0, 0.05) is 37.0 Å². The van der Waals surface area contributed by atoms with Crippen LogP contribution >= 0.6 is 0 Å². The minimum Gasteiger partial charge on any atom is -0.374 e. The first kappa shape index (κ1) is 14.2. The highest BCUT2D eigenvalue weighted by atomic mass is 16.6. The van der Waals surface area contributed by atoms with E-state index in [-0.39, 0.29) is 5.69 Å². The van der Waals surface area contributed by atoms with E-state index < -0.39 is 4.92 Å². The predicted molar refractivity (Wildman–Crippen MR) is 71.2 cm³/mol. The average molecular weight is 250 g/mol. The molecule has 1 aromatic rings. The Balaban J connectivity index is 3.01. The van der Waals surface area contributed by atoms with Crippen molar-refractivity contribution in [3.63, 3.8) is 0 Å². The number of hydrogen-bond donors (Lipinski definition) is 0. The van der Waals surface area contributed by atoms with Crippen molar-refractivity contribution >= 4 is 17.7 Å². The van der Waals surface area contributed by atoms with Crippen molar-refractivity contribution < 1.29 is 9.72 Å². The number of aldehydes is 1. The second-order valence-corrected chi connectivity index (χ2v) is 4.51. The van der Waals surface area contributed by atoms with Gasteiger partial charge < -0.3 is 4.90 Å². The molecule has 1 aromatic carbocycles. The molecule has 0 saturated heterocycles. The summed E-state index contributed by atoms with van der Waals surface area (Å²) in [5.41, 5.74) is 1.03. The number of hydrogen-bond acceptors (Lipinski definition) is 4. The predicted octanol–water partition coefficient (Wildman–Crippen LogP) is 2.89. The molecule has 1 rings (SSSR count). The van der Waals surface area contributed by atoms with Crippen molar-refractivity contribution in [2.75, 3.05) is 18.5 Å². The fourth-order valence-corrected chi connectivity index (χ4v) is 1.79. The summed E-state index contributed by atoms with van der Waals surface area (Å²) in [7, 11) is 1.89. The summed E-state index contributed by atoms with van der Waals surface area (Å²) in [6, 6.07) is 4.37. The van der Waals surface area contributed by atoms with E-state index in [1.807, 2.05) is 11.9 Å². The van der Waals surface area contributed by atoms with Gasteiger partial charge in [-0.3, -0.25) is 14.9 Å². The first-order valence-corrected chi connectivity index (χ1v) is 5.94. The van der Waals surface area contributed by atoms with E-state index in [9.17, 15) is 14.9 Å². The molecule has 0 radical (unpaired) electrons. The summed E-state index contributed by atoms with van der Waals surface area (Å²) in [6.45, 7) is 5.05. The van der Waals surface area contributed by atoms with Crippen molar-refractivity contribution in [1.29, 1.82) is 0 Å². The summed E-state index contributed by atoms with van der Waals surface area (Å²) in [5.74, 6) is 0.504. The molecule has 0 bridgehead atoms. The third-order valence-corrected chi connectivity index (χ3v) is 3.04. The number of nitro benzene ring substituents is 1. The second-order valence-electron chi connectivity index (χ2n) is 4.51. The highest BCUT2D eigenvalue weighted by molar-refractivity contribution is 5.85. The minimum atomic E-state index is -0.495. The maximum atomic E-state index is 11.0. The first-order chi connectivity index (χ1) is 8.49. The molecule has 0 aliphatic carbocycles. The molecule has 0 aliphatic rings. The molecule has 18 heavy (non-hydrogen) atoms. The van der Waals surface area contributed by atoms with Gasteiger partial charge in [0.1, 0.15) is 0 Å². The van der Waals surface area contributed by atoms with Crippen LogP contribution in [-0.4, -0.2) is 24.8 Å². The lowest BCUT2D eigenvalue weighted by atomic mass is 10.1. The molecule has 1 atom stereocenters. The molecule has 98 valence electrons. The molecule has 0 aliphatic heterocycles. The van der Waals surface area contributed by atoms with E-state index in [0.29, 0.717) is 17.8 Å². The Morgan fingerprint density at radius 3 is 2.67 bits per heavy atom. The van der Waals surface area contributed by atoms with E-state index in [1.165, 1.54) is 12.1 Å². The molecule has 0 spiro atoms. The summed E-state index contributed by atoms with van der Waals surface area (Å²) in [6.07, 6.45) is 1.71. The van der Waals surface area contributed by atoms with Crippen LogP contribution in [0.4, 0.5) is 11.4 Å². The van der Waals surface area contributed by atoms with Crippen LogP contribution in [0.1, 0.15) is 30.6 Å². The van der Waals surface area contributed by atoms with Crippen molar-refractivity contribution in [1.82, 2.24) is 0 Å². The van der Waals surface area contributed by atoms with Crippen LogP contribution in [0.25, 0.3) is 0 Å². The largest absolute Gasteiger partial charge is 0.374 e. The molecular weight excluding hydrogens is 232 g/mol. The van der Waals surface area contributed by atoms with Crippen LogP contribution in [-0.2, 0) is 0 Å². The van der Waals surface area contributed by atoms with Gasteiger partial charge in [0.25, 0.3) is 5.69 Å². The molecule has 5 heteroatoms. The second kappa shape index (κ2) is 6.14. The van der Waals surface area contributed by atoms with Crippen molar-refractivity contribution in [2.45, 2.75) is 20.3 Å². The normalized spacial score (nSPS) is 11.9. The van der Waals surface area contributed by atoms with E-state index in [0.717, 1.165) is 18.7 Å². The Hall–Kier alpha value is -1.91. The molecule has 0 N–H and O–H groups in total. The van der Waals surface area contributed by atoms with Gasteiger partial charge in [0.2, 0.25) is 0 Å². The third-order valence-electron chi connectivity index (χ3n) is 3.04. The number of carbonyl (C=O) groups is 1. The van der Waals surface area contributed by atoms with Crippen LogP contribution < -0.4 is 4.90 Å². The number of benzene rings is 1. The lowest BCUT2D eigenvalue weighted by Gasteiger charge is -2.23. The van der Waals surface area contributed by atoms with Gasteiger partial charge in [0.15, 0.2) is 6.29 Å². The van der Waals surface area contributed by atoms with Gasteiger partial charge >= 0.3 is 0 Å². The van der Waals surface area contributed by atoms with Gasteiger partial charge in [0.05, 0.1) is 4.92 Å². The number of anilines is 1. The summed E-state index contributed by atoms with van der Waals surface area (Å²) in [4.78, 5) is 23.1. The maximum absolute atomic E-state index is 11.0. The molecule has 0 saturated carbocycles. The smallest absolute Gasteiger partial charge is 0.270 e. The number of non-ortho nitro benzene ring substituents is 1. The Labute approximate surface area is 107 Å². The summed E-state index contributed by atoms with van der Waals surface area (Å²) >= 11 is 0. The highest BCUT2D eigenvalue weighted by Crippen LogP contribution is 2.24. The maximum Gasteiger partial charge on any atom is 0.270 e. The number of rotatable bonds is 6. The molecule has 0 heterocycles. The van der Waals surface area contributed by atoms with Gasteiger partial charge in [-0.15, -0.1) is 0 Å². The minimum absolute atomic E-state index is 0.0576. The van der Waals surface area contributed by atoms with Crippen LogP contribution in [0, 0.1) is 16.0 Å². The molecule has 0 amide bonds. The van der Waals surface area contributed by atoms with Crippen LogP contribution in [0.2, 0.25) is 0 Å². The average Bonchev–Trinajstić information content (AvgIpc) is 2.37. The Morgan fingerprint density at radius 2 is 2.17 bits per heavy atom. The lowest BCUT2D eigenvalue weighted by molar-refractivity contribution is -0.384. The van der Waals surface area contributed by atoms with E-state index in [4.69, 9.17) is 0 Å². The van der Waals surface area contributed by atoms with Gasteiger partial charge in [-0.05, 0) is 12.0 Å². The number of nitrogens with zero attached hydrogens (tertiary/aromatic N) is 2. The van der Waals surface area contributed by atoms with E-state index >= 15 is 0 Å². The molecule has 0 aromatic heterocycles. The molecule has 1 unspecified atom stereocenters. The van der Waals surface area contributed by atoms with Crippen molar-refractivity contribution in [3.8, 4) is 0 Å². The zero-order valence-electron chi connectivity index (χ0n) is 10.9. The fourth-order valence-electron chi connectivity index (χ4n) is 1.79. The zero-order chi connectivity index (χ0) is 13.7. The fraction of sp³-hybridized carbons (Fsp3) is 0.462. The first-order valence-electron chi connectivity index (χ1n) is 5.94. The Bertz CT molecular complexity index is 446. The van der Waals surface area contributed by atoms with Crippen LogP contribution in [0.3, 0.4) is 0 Å². The quantitative estimate of drug-likeness (QED) is 0.442. The van der Waals surface area contributed by atoms with Crippen molar-refractivity contribution in [2.24, 2.45) is 5.92 Å². The highest BCUT2D eigenvalue weighted by Gasteiger charge is 2.14. The molecule has 0 fully saturated rings. The topological polar surface area (TPSA) is 63.4 Å². The molecule has 5 nitrogen and oxygen atoms in total. The van der Waals surface area contributed by atoms with Gasteiger partial charge in [-0.25, -0.2) is 0 Å². The number of carbonyl (C=O) groups excluding carboxylic acids is 1. The summed E-state index contributed by atoms with van der Waals surface area (Å²) < 4.78 is 0. The lowest BCUT2D eigenvalue weighted by Crippen LogP contribution is -2.24. The third kappa shape index (κ3) is 3.29.